The number of barbiturate groups is 1. The Labute approximate surface area is 234 Å². The molecule has 1 N–H and O–H groups in total. The van der Waals surface area contributed by atoms with Crippen LogP contribution in [0.4, 0.5) is 10.5 Å². The van der Waals surface area contributed by atoms with Crippen molar-refractivity contribution in [2.75, 3.05) is 11.5 Å². The predicted octanol–water partition coefficient (Wildman–Crippen LogP) is 6.91. The summed E-state index contributed by atoms with van der Waals surface area (Å²) in [6.45, 7) is 5.83. The van der Waals surface area contributed by atoms with Crippen LogP contribution in [0, 0.1) is 13.8 Å². The van der Waals surface area contributed by atoms with E-state index in [9.17, 15) is 14.4 Å². The quantitative estimate of drug-likeness (QED) is 0.245. The van der Waals surface area contributed by atoms with Crippen LogP contribution >= 0.6 is 34.8 Å². The van der Waals surface area contributed by atoms with Crippen LogP contribution in [0.25, 0.3) is 6.08 Å². The molecule has 1 aliphatic rings. The Morgan fingerprint density at radius 1 is 0.921 bits per heavy atom. The molecule has 10 heteroatoms. The van der Waals surface area contributed by atoms with Crippen molar-refractivity contribution in [1.29, 1.82) is 0 Å². The summed E-state index contributed by atoms with van der Waals surface area (Å²) >= 11 is 18.8. The van der Waals surface area contributed by atoms with Gasteiger partial charge in [0.25, 0.3) is 11.8 Å². The van der Waals surface area contributed by atoms with E-state index in [1.165, 1.54) is 12.1 Å². The number of aryl methyl sites for hydroxylation is 2. The number of nitrogens with one attached hydrogen (secondary N) is 1. The number of urea groups is 1. The van der Waals surface area contributed by atoms with E-state index >= 15 is 0 Å². The van der Waals surface area contributed by atoms with Gasteiger partial charge in [0.1, 0.15) is 12.2 Å². The highest BCUT2D eigenvalue weighted by Gasteiger charge is 2.37. The maximum atomic E-state index is 13.4. The molecular weight excluding hydrogens is 551 g/mol. The Kier molecular flexibility index (Phi) is 8.31. The maximum Gasteiger partial charge on any atom is 0.335 e. The fraction of sp³-hybridized carbons (Fsp3) is 0.179. The third-order valence-corrected chi connectivity index (χ3v) is 6.60. The monoisotopic (exact) mass is 572 g/mol. The molecule has 1 heterocycles. The Bertz CT molecular complexity index is 1490. The molecule has 0 bridgehead atoms. The summed E-state index contributed by atoms with van der Waals surface area (Å²) in [5, 5.41) is 3.38. The van der Waals surface area contributed by atoms with Crippen molar-refractivity contribution in [3.05, 3.63) is 91.4 Å². The van der Waals surface area contributed by atoms with E-state index in [0.717, 1.165) is 10.5 Å². The normalized spacial score (nSPS) is 14.6. The van der Waals surface area contributed by atoms with Crippen LogP contribution in [-0.4, -0.2) is 24.5 Å². The second kappa shape index (κ2) is 11.5. The highest BCUT2D eigenvalue weighted by Crippen LogP contribution is 2.38. The first-order valence-corrected chi connectivity index (χ1v) is 12.7. The maximum absolute atomic E-state index is 13.4. The topological polar surface area (TPSA) is 84.9 Å². The molecule has 7 nitrogen and oxygen atoms in total. The van der Waals surface area contributed by atoms with Crippen LogP contribution in [0.5, 0.6) is 11.5 Å². The van der Waals surface area contributed by atoms with Gasteiger partial charge in [-0.2, -0.15) is 0 Å². The molecule has 0 aliphatic carbocycles. The molecule has 4 amide bonds. The highest BCUT2D eigenvalue weighted by atomic mass is 35.5. The molecule has 1 aliphatic heterocycles. The molecule has 4 rings (SSSR count). The largest absolute Gasteiger partial charge is 0.490 e. The zero-order chi connectivity index (χ0) is 27.6. The van der Waals surface area contributed by atoms with Crippen molar-refractivity contribution in [3.63, 3.8) is 0 Å². The molecular formula is C28H23Cl3N2O5. The third kappa shape index (κ3) is 5.80. The lowest BCUT2D eigenvalue weighted by Gasteiger charge is -2.28. The van der Waals surface area contributed by atoms with Crippen molar-refractivity contribution in [3.8, 4) is 11.5 Å². The van der Waals surface area contributed by atoms with Gasteiger partial charge in [0.2, 0.25) is 0 Å². The van der Waals surface area contributed by atoms with Gasteiger partial charge in [-0.25, -0.2) is 9.69 Å². The molecule has 0 aromatic heterocycles. The molecule has 0 spiro atoms. The van der Waals surface area contributed by atoms with Crippen LogP contribution in [0.2, 0.25) is 15.1 Å². The summed E-state index contributed by atoms with van der Waals surface area (Å²) in [6.07, 6.45) is 1.36. The summed E-state index contributed by atoms with van der Waals surface area (Å²) in [6, 6.07) is 12.8. The van der Waals surface area contributed by atoms with Crippen LogP contribution < -0.4 is 19.7 Å². The van der Waals surface area contributed by atoms with Crippen LogP contribution in [0.15, 0.2) is 54.1 Å². The summed E-state index contributed by atoms with van der Waals surface area (Å²) < 4.78 is 11.7. The van der Waals surface area contributed by atoms with E-state index in [1.54, 1.807) is 50.2 Å². The van der Waals surface area contributed by atoms with Gasteiger partial charge < -0.3 is 9.47 Å². The van der Waals surface area contributed by atoms with Gasteiger partial charge in [-0.15, -0.1) is 0 Å². The summed E-state index contributed by atoms with van der Waals surface area (Å²) in [4.78, 5) is 39.6. The Hall–Kier alpha value is -3.52. The first-order valence-electron chi connectivity index (χ1n) is 11.6. The standard InChI is InChI=1S/C28H23Cl3N2O5/c1-4-37-24-12-17(11-22(31)25(24)38-14-18-7-8-19(29)13-21(18)30)10-20-26(34)32-28(36)33(27(20)35)23-9-15(2)5-6-16(23)3/h5-13H,4,14H2,1-3H3,(H,32,34,36)/b20-10+. The molecule has 0 radical (unpaired) electrons. The van der Waals surface area contributed by atoms with Gasteiger partial charge in [0.05, 0.1) is 17.3 Å². The first-order chi connectivity index (χ1) is 18.1. The number of hydrogen-bond donors (Lipinski definition) is 1. The summed E-state index contributed by atoms with van der Waals surface area (Å²) in [5.41, 5.74) is 2.83. The number of carbonyl (C=O) groups is 3. The van der Waals surface area contributed by atoms with Crippen LogP contribution in [-0.2, 0) is 16.2 Å². The van der Waals surface area contributed by atoms with Crippen molar-refractivity contribution >= 4 is 64.4 Å². The Morgan fingerprint density at radius 3 is 2.39 bits per heavy atom. The first kappa shape index (κ1) is 27.5. The number of benzene rings is 3. The summed E-state index contributed by atoms with van der Waals surface area (Å²) in [7, 11) is 0. The second-order valence-corrected chi connectivity index (χ2v) is 9.79. The zero-order valence-corrected chi connectivity index (χ0v) is 23.0. The number of imide groups is 2. The lowest BCUT2D eigenvalue weighted by atomic mass is 10.0. The molecule has 1 saturated heterocycles. The number of ether oxygens (including phenoxy) is 2. The van der Waals surface area contributed by atoms with Gasteiger partial charge in [-0.05, 0) is 73.9 Å². The average Bonchev–Trinajstić information content (AvgIpc) is 2.84. The number of halogens is 3. The van der Waals surface area contributed by atoms with Gasteiger partial charge in [-0.1, -0.05) is 53.0 Å². The fourth-order valence-electron chi connectivity index (χ4n) is 3.87. The van der Waals surface area contributed by atoms with Crippen molar-refractivity contribution in [2.24, 2.45) is 0 Å². The number of carbonyl (C=O) groups excluding carboxylic acids is 3. The highest BCUT2D eigenvalue weighted by molar-refractivity contribution is 6.39. The van der Waals surface area contributed by atoms with Crippen LogP contribution in [0.1, 0.15) is 29.2 Å². The molecule has 0 atom stereocenters. The van der Waals surface area contributed by atoms with Crippen molar-refractivity contribution in [1.82, 2.24) is 5.32 Å². The van der Waals surface area contributed by atoms with E-state index in [4.69, 9.17) is 44.3 Å². The lowest BCUT2D eigenvalue weighted by molar-refractivity contribution is -0.122. The van der Waals surface area contributed by atoms with Gasteiger partial charge in [0.15, 0.2) is 11.5 Å². The Morgan fingerprint density at radius 2 is 1.68 bits per heavy atom. The van der Waals surface area contributed by atoms with Crippen molar-refractivity contribution < 1.29 is 23.9 Å². The minimum atomic E-state index is -0.816. The van der Waals surface area contributed by atoms with E-state index in [-0.39, 0.29) is 23.0 Å². The number of rotatable bonds is 7. The molecule has 0 saturated carbocycles. The number of anilines is 1. The SMILES string of the molecule is CCOc1cc(/C=C2\C(=O)NC(=O)N(c3cc(C)ccc3C)C2=O)cc(Cl)c1OCc1ccc(Cl)cc1Cl. The van der Waals surface area contributed by atoms with Crippen molar-refractivity contribution in [2.45, 2.75) is 27.4 Å². The molecule has 3 aromatic carbocycles. The molecule has 3 aromatic rings. The smallest absolute Gasteiger partial charge is 0.335 e. The number of amides is 4. The third-order valence-electron chi connectivity index (χ3n) is 5.74. The molecule has 0 unspecified atom stereocenters. The molecule has 196 valence electrons. The minimum absolute atomic E-state index is 0.101. The fourth-order valence-corrected chi connectivity index (χ4v) is 4.60. The van der Waals surface area contributed by atoms with Gasteiger partial charge in [0, 0.05) is 15.6 Å². The number of nitrogens with zero attached hydrogens (tertiary/aromatic N) is 1. The molecule has 38 heavy (non-hydrogen) atoms. The second-order valence-electron chi connectivity index (χ2n) is 8.54. The van der Waals surface area contributed by atoms with Gasteiger partial charge in [-0.3, -0.25) is 14.9 Å². The summed E-state index contributed by atoms with van der Waals surface area (Å²) in [5.74, 6) is -0.982. The van der Waals surface area contributed by atoms with E-state index in [2.05, 4.69) is 5.32 Å². The number of hydrogen-bond acceptors (Lipinski definition) is 5. The minimum Gasteiger partial charge on any atom is -0.490 e. The lowest BCUT2D eigenvalue weighted by Crippen LogP contribution is -2.54. The molecule has 1 fully saturated rings. The van der Waals surface area contributed by atoms with Gasteiger partial charge >= 0.3 is 6.03 Å². The zero-order valence-electron chi connectivity index (χ0n) is 20.7. The Balaban J connectivity index is 1.68. The average molecular weight is 574 g/mol. The predicted molar refractivity (Wildman–Crippen MR) is 148 cm³/mol. The van der Waals surface area contributed by atoms with E-state index < -0.39 is 17.8 Å². The van der Waals surface area contributed by atoms with E-state index in [0.29, 0.717) is 44.8 Å². The van der Waals surface area contributed by atoms with Crippen LogP contribution in [0.3, 0.4) is 0 Å². The van der Waals surface area contributed by atoms with E-state index in [1.807, 2.05) is 13.0 Å².